The molecule has 1 fully saturated rings. The first-order valence-electron chi connectivity index (χ1n) is 4.82. The highest BCUT2D eigenvalue weighted by Gasteiger charge is 2.34. The van der Waals surface area contributed by atoms with E-state index in [9.17, 15) is 0 Å². The number of hydrogen-bond donors (Lipinski definition) is 1. The van der Waals surface area contributed by atoms with Crippen molar-refractivity contribution in [2.24, 2.45) is 5.92 Å². The molecule has 4 heteroatoms. The molecule has 2 rings (SSSR count). The van der Waals surface area contributed by atoms with E-state index in [0.717, 1.165) is 5.92 Å². The summed E-state index contributed by atoms with van der Waals surface area (Å²) in [5, 5.41) is 11.1. The molecule has 0 bridgehead atoms. The highest BCUT2D eigenvalue weighted by Crippen LogP contribution is 2.33. The van der Waals surface area contributed by atoms with E-state index in [1.54, 1.807) is 0 Å². The van der Waals surface area contributed by atoms with Crippen molar-refractivity contribution in [1.29, 1.82) is 0 Å². The van der Waals surface area contributed by atoms with Crippen LogP contribution in [0.25, 0.3) is 0 Å². The van der Waals surface area contributed by atoms with Crippen LogP contribution in [0.3, 0.4) is 0 Å². The molecule has 1 N–H and O–H groups in total. The van der Waals surface area contributed by atoms with Crippen LogP contribution >= 0.6 is 0 Å². The second-order valence-corrected chi connectivity index (χ2v) is 3.61. The quantitative estimate of drug-likeness (QED) is 0.760. The van der Waals surface area contributed by atoms with E-state index in [2.05, 4.69) is 22.4 Å². The Hall–Kier alpha value is -0.900. The van der Waals surface area contributed by atoms with Crippen LogP contribution in [0.2, 0.25) is 0 Å². The first-order chi connectivity index (χ1) is 6.29. The van der Waals surface area contributed by atoms with Crippen molar-refractivity contribution >= 4 is 0 Å². The van der Waals surface area contributed by atoms with E-state index >= 15 is 0 Å². The lowest BCUT2D eigenvalue weighted by Crippen LogP contribution is -2.17. The normalized spacial score (nSPS) is 26.3. The topological polar surface area (TPSA) is 51.0 Å². The van der Waals surface area contributed by atoms with Gasteiger partial charge in [0, 0.05) is 13.0 Å². The Morgan fingerprint density at radius 2 is 2.38 bits per heavy atom. The first kappa shape index (κ1) is 8.69. The molecule has 0 amide bonds. The zero-order chi connectivity index (χ0) is 9.26. The molecule has 2 unspecified atom stereocenters. The van der Waals surface area contributed by atoms with Crippen molar-refractivity contribution in [2.75, 3.05) is 0 Å². The zero-order valence-electron chi connectivity index (χ0n) is 8.08. The summed E-state index contributed by atoms with van der Waals surface area (Å²) in [6, 6.07) is 0.678. The Morgan fingerprint density at radius 1 is 1.54 bits per heavy atom. The maximum absolute atomic E-state index is 5.25. The number of rotatable bonds is 4. The minimum Gasteiger partial charge on any atom is -0.424 e. The van der Waals surface area contributed by atoms with Gasteiger partial charge >= 0.3 is 0 Å². The Morgan fingerprint density at radius 3 is 2.92 bits per heavy atom. The van der Waals surface area contributed by atoms with E-state index < -0.39 is 0 Å². The molecule has 0 spiro atoms. The summed E-state index contributed by atoms with van der Waals surface area (Å²) in [4.78, 5) is 0. The summed E-state index contributed by atoms with van der Waals surface area (Å²) in [5.74, 6) is 2.20. The van der Waals surface area contributed by atoms with Crippen molar-refractivity contribution in [3.63, 3.8) is 0 Å². The number of hydrogen-bond acceptors (Lipinski definition) is 4. The van der Waals surface area contributed by atoms with Gasteiger partial charge in [0.05, 0.1) is 6.54 Å². The van der Waals surface area contributed by atoms with Crippen molar-refractivity contribution in [2.45, 2.75) is 39.3 Å². The van der Waals surface area contributed by atoms with Gasteiger partial charge < -0.3 is 9.73 Å². The fraction of sp³-hybridized carbons (Fsp3) is 0.778. The molecule has 2 atom stereocenters. The van der Waals surface area contributed by atoms with E-state index in [1.807, 2.05) is 6.92 Å². The van der Waals surface area contributed by atoms with Gasteiger partial charge in [-0.2, -0.15) is 0 Å². The fourth-order valence-electron chi connectivity index (χ4n) is 1.58. The van der Waals surface area contributed by atoms with Gasteiger partial charge in [-0.05, 0) is 12.3 Å². The molecule has 72 valence electrons. The van der Waals surface area contributed by atoms with Crippen LogP contribution in [0.1, 0.15) is 31.5 Å². The van der Waals surface area contributed by atoms with Crippen LogP contribution in [0.5, 0.6) is 0 Å². The van der Waals surface area contributed by atoms with Crippen molar-refractivity contribution in [1.82, 2.24) is 15.5 Å². The smallest absolute Gasteiger partial charge is 0.230 e. The van der Waals surface area contributed by atoms with E-state index in [1.165, 1.54) is 12.8 Å². The van der Waals surface area contributed by atoms with Gasteiger partial charge in [0.25, 0.3) is 0 Å². The summed E-state index contributed by atoms with van der Waals surface area (Å²) < 4.78 is 5.25. The highest BCUT2D eigenvalue weighted by molar-refractivity contribution is 4.93. The minimum absolute atomic E-state index is 0.639. The lowest BCUT2D eigenvalue weighted by Gasteiger charge is -1.97. The van der Waals surface area contributed by atoms with Crippen LogP contribution in [-0.4, -0.2) is 16.2 Å². The molecule has 1 aromatic heterocycles. The van der Waals surface area contributed by atoms with Crippen LogP contribution in [0, 0.1) is 12.8 Å². The van der Waals surface area contributed by atoms with E-state index in [-0.39, 0.29) is 0 Å². The molecule has 0 aliphatic heterocycles. The molecule has 0 aromatic carbocycles. The Labute approximate surface area is 77.7 Å². The monoisotopic (exact) mass is 181 g/mol. The van der Waals surface area contributed by atoms with Gasteiger partial charge in [0.15, 0.2) is 0 Å². The summed E-state index contributed by atoms with van der Waals surface area (Å²) >= 11 is 0. The van der Waals surface area contributed by atoms with E-state index in [4.69, 9.17) is 4.42 Å². The lowest BCUT2D eigenvalue weighted by atomic mass is 10.3. The molecule has 1 aliphatic carbocycles. The largest absolute Gasteiger partial charge is 0.424 e. The minimum atomic E-state index is 0.639. The van der Waals surface area contributed by atoms with Crippen molar-refractivity contribution in [3.8, 4) is 0 Å². The molecular weight excluding hydrogens is 166 g/mol. The number of aryl methyl sites for hydroxylation is 1. The number of nitrogens with one attached hydrogen (secondary N) is 1. The van der Waals surface area contributed by atoms with Crippen LogP contribution in [0.15, 0.2) is 4.42 Å². The Bertz CT molecular complexity index is 284. The van der Waals surface area contributed by atoms with Gasteiger partial charge in [0.1, 0.15) is 0 Å². The Kier molecular flexibility index (Phi) is 2.31. The summed E-state index contributed by atoms with van der Waals surface area (Å²) in [7, 11) is 0. The average molecular weight is 181 g/mol. The van der Waals surface area contributed by atoms with Crippen molar-refractivity contribution < 1.29 is 4.42 Å². The third-order valence-corrected chi connectivity index (χ3v) is 2.53. The average Bonchev–Trinajstić information content (AvgIpc) is 2.78. The molecule has 1 heterocycles. The Balaban J connectivity index is 1.75. The van der Waals surface area contributed by atoms with Gasteiger partial charge in [-0.3, -0.25) is 0 Å². The predicted molar refractivity (Wildman–Crippen MR) is 48.1 cm³/mol. The lowest BCUT2D eigenvalue weighted by molar-refractivity contribution is 0.442. The van der Waals surface area contributed by atoms with Crippen LogP contribution in [-0.2, 0) is 6.54 Å². The van der Waals surface area contributed by atoms with Gasteiger partial charge in [-0.15, -0.1) is 10.2 Å². The zero-order valence-corrected chi connectivity index (χ0v) is 8.08. The molecule has 1 aromatic rings. The molecule has 0 saturated heterocycles. The van der Waals surface area contributed by atoms with Crippen LogP contribution < -0.4 is 5.32 Å². The van der Waals surface area contributed by atoms with Gasteiger partial charge in [0.2, 0.25) is 11.8 Å². The standard InChI is InChI=1S/C9H15N3O/c1-3-7-4-8(7)10-5-9-12-11-6(2)13-9/h7-8,10H,3-5H2,1-2H3. The number of aromatic nitrogens is 2. The summed E-state index contributed by atoms with van der Waals surface area (Å²) in [6.45, 7) is 4.74. The molecule has 1 saturated carbocycles. The number of nitrogens with zero attached hydrogens (tertiary/aromatic N) is 2. The maximum atomic E-state index is 5.25. The third kappa shape index (κ3) is 2.06. The summed E-state index contributed by atoms with van der Waals surface area (Å²) in [5.41, 5.74) is 0. The molecule has 1 aliphatic rings. The second kappa shape index (κ2) is 3.46. The fourth-order valence-corrected chi connectivity index (χ4v) is 1.58. The highest BCUT2D eigenvalue weighted by atomic mass is 16.4. The molecular formula is C9H15N3O. The molecule has 13 heavy (non-hydrogen) atoms. The maximum Gasteiger partial charge on any atom is 0.230 e. The van der Waals surface area contributed by atoms with Gasteiger partial charge in [-0.1, -0.05) is 13.3 Å². The predicted octanol–water partition coefficient (Wildman–Crippen LogP) is 1.27. The van der Waals surface area contributed by atoms with E-state index in [0.29, 0.717) is 24.4 Å². The van der Waals surface area contributed by atoms with Gasteiger partial charge in [-0.25, -0.2) is 0 Å². The second-order valence-electron chi connectivity index (χ2n) is 3.61. The van der Waals surface area contributed by atoms with Crippen LogP contribution in [0.4, 0.5) is 0 Å². The molecule has 4 nitrogen and oxygen atoms in total. The molecule has 0 radical (unpaired) electrons. The SMILES string of the molecule is CCC1CC1NCc1nnc(C)o1. The first-order valence-corrected chi connectivity index (χ1v) is 4.82. The summed E-state index contributed by atoms with van der Waals surface area (Å²) in [6.07, 6.45) is 2.56. The van der Waals surface area contributed by atoms with Crippen molar-refractivity contribution in [3.05, 3.63) is 11.8 Å². The third-order valence-electron chi connectivity index (χ3n) is 2.53.